The van der Waals surface area contributed by atoms with Crippen LogP contribution in [0.3, 0.4) is 0 Å². The van der Waals surface area contributed by atoms with Crippen molar-refractivity contribution in [3.05, 3.63) is 158 Å². The molecule has 8 rings (SSSR count). The van der Waals surface area contributed by atoms with Crippen molar-refractivity contribution < 1.29 is 0 Å². The molecule has 0 saturated carbocycles. The molecular formula is C38H26N4. The summed E-state index contributed by atoms with van der Waals surface area (Å²) in [7, 11) is 0. The van der Waals surface area contributed by atoms with Gasteiger partial charge >= 0.3 is 0 Å². The molecule has 0 atom stereocenters. The van der Waals surface area contributed by atoms with E-state index < -0.39 is 0 Å². The first-order valence-corrected chi connectivity index (χ1v) is 14.1. The molecule has 2 heterocycles. The van der Waals surface area contributed by atoms with E-state index in [0.717, 1.165) is 66.7 Å². The Morgan fingerprint density at radius 2 is 0.643 bits per heavy atom. The molecule has 0 aliphatic heterocycles. The highest BCUT2D eigenvalue weighted by atomic mass is 15.1. The molecule has 2 aromatic heterocycles. The van der Waals surface area contributed by atoms with Crippen molar-refractivity contribution >= 4 is 66.7 Å². The lowest BCUT2D eigenvalue weighted by Gasteiger charge is -2.27. The van der Waals surface area contributed by atoms with Crippen LogP contribution in [0.4, 0.5) is 34.1 Å². The second-order valence-corrected chi connectivity index (χ2v) is 10.4. The lowest BCUT2D eigenvalue weighted by Crippen LogP contribution is -2.10. The molecule has 6 aromatic carbocycles. The molecule has 8 aromatic rings. The summed E-state index contributed by atoms with van der Waals surface area (Å²) in [6.07, 6.45) is 3.98. The fraction of sp³-hybridized carbons (Fsp3) is 0. The van der Waals surface area contributed by atoms with E-state index in [0.29, 0.717) is 0 Å². The van der Waals surface area contributed by atoms with Gasteiger partial charge in [0.2, 0.25) is 0 Å². The van der Waals surface area contributed by atoms with Gasteiger partial charge in [0.15, 0.2) is 0 Å². The molecule has 0 fully saturated rings. The molecule has 0 aliphatic rings. The van der Waals surface area contributed by atoms with Gasteiger partial charge in [-0.3, -0.25) is 9.97 Å². The van der Waals surface area contributed by atoms with Crippen LogP contribution >= 0.6 is 0 Å². The van der Waals surface area contributed by atoms with E-state index in [1.165, 1.54) is 0 Å². The van der Waals surface area contributed by atoms with Crippen LogP contribution in [0.2, 0.25) is 0 Å². The molecule has 0 aliphatic carbocycles. The molecule has 0 spiro atoms. The fourth-order valence-electron chi connectivity index (χ4n) is 5.96. The number of hydrogen-bond acceptors (Lipinski definition) is 4. The average Bonchev–Trinajstić information content (AvgIpc) is 3.06. The van der Waals surface area contributed by atoms with Gasteiger partial charge in [-0.2, -0.15) is 0 Å². The number of pyridine rings is 2. The highest BCUT2D eigenvalue weighted by Crippen LogP contribution is 2.42. The van der Waals surface area contributed by atoms with Gasteiger partial charge in [0, 0.05) is 68.1 Å². The summed E-state index contributed by atoms with van der Waals surface area (Å²) in [5, 5.41) is 4.42. The van der Waals surface area contributed by atoms with Crippen molar-refractivity contribution in [3.8, 4) is 0 Å². The van der Waals surface area contributed by atoms with Crippen LogP contribution in [0.1, 0.15) is 0 Å². The molecule has 0 N–H and O–H groups in total. The second-order valence-electron chi connectivity index (χ2n) is 10.4. The zero-order chi connectivity index (χ0) is 27.9. The SMILES string of the molecule is c1ccc(N(c2ccccc2)c2cc3cnc4cc(N(c5ccccc5)c5ccccc5)cc5cnc(c2)c3c54)cc1. The number of nitrogens with zero attached hydrogens (tertiary/aromatic N) is 4. The summed E-state index contributed by atoms with van der Waals surface area (Å²) in [6.45, 7) is 0. The van der Waals surface area contributed by atoms with Crippen molar-refractivity contribution in [1.82, 2.24) is 9.97 Å². The zero-order valence-electron chi connectivity index (χ0n) is 22.8. The maximum Gasteiger partial charge on any atom is 0.0736 e. The van der Waals surface area contributed by atoms with Gasteiger partial charge in [0.25, 0.3) is 0 Å². The summed E-state index contributed by atoms with van der Waals surface area (Å²) in [5.41, 5.74) is 8.38. The summed E-state index contributed by atoms with van der Waals surface area (Å²) in [4.78, 5) is 14.6. The number of para-hydroxylation sites is 4. The van der Waals surface area contributed by atoms with Crippen molar-refractivity contribution in [2.45, 2.75) is 0 Å². The molecule has 0 saturated heterocycles. The van der Waals surface area contributed by atoms with Crippen LogP contribution in [0.15, 0.2) is 158 Å². The minimum Gasteiger partial charge on any atom is -0.310 e. The first-order chi connectivity index (χ1) is 20.8. The normalized spacial score (nSPS) is 11.3. The van der Waals surface area contributed by atoms with Gasteiger partial charge in [0.05, 0.1) is 11.0 Å². The van der Waals surface area contributed by atoms with Gasteiger partial charge in [-0.25, -0.2) is 0 Å². The monoisotopic (exact) mass is 538 g/mol. The highest BCUT2D eigenvalue weighted by Gasteiger charge is 2.19. The number of rotatable bonds is 6. The van der Waals surface area contributed by atoms with Gasteiger partial charge < -0.3 is 9.80 Å². The molecule has 0 unspecified atom stereocenters. The Morgan fingerprint density at radius 1 is 0.333 bits per heavy atom. The predicted molar refractivity (Wildman–Crippen MR) is 175 cm³/mol. The third kappa shape index (κ3) is 4.09. The van der Waals surface area contributed by atoms with Crippen LogP contribution in [0.5, 0.6) is 0 Å². The van der Waals surface area contributed by atoms with Crippen LogP contribution in [0, 0.1) is 0 Å². The van der Waals surface area contributed by atoms with Crippen LogP contribution in [-0.2, 0) is 0 Å². The maximum atomic E-state index is 5.01. The van der Waals surface area contributed by atoms with Gasteiger partial charge in [-0.05, 0) is 72.8 Å². The standard InChI is InChI=1S/C38H26N4/c1-5-13-29(14-6-1)41(30-15-7-2-8-16-30)33-21-27-25-40-36-24-34(22-28-26-39-35(23-33)37(27)38(28)36)42(31-17-9-3-10-18-31)32-19-11-4-12-20-32/h1-26H. The molecule has 0 amide bonds. The number of hydrogen-bond donors (Lipinski definition) is 0. The van der Waals surface area contributed by atoms with E-state index in [2.05, 4.69) is 131 Å². The number of aromatic nitrogens is 2. The minimum absolute atomic E-state index is 0.954. The van der Waals surface area contributed by atoms with Crippen molar-refractivity contribution in [2.24, 2.45) is 0 Å². The van der Waals surface area contributed by atoms with E-state index in [9.17, 15) is 0 Å². The molecule has 42 heavy (non-hydrogen) atoms. The zero-order valence-corrected chi connectivity index (χ0v) is 22.8. The Bertz CT molecular complexity index is 1830. The highest BCUT2D eigenvalue weighted by molar-refractivity contribution is 6.22. The van der Waals surface area contributed by atoms with E-state index in [1.54, 1.807) is 0 Å². The molecule has 0 bridgehead atoms. The molecule has 4 heteroatoms. The summed E-state index contributed by atoms with van der Waals surface area (Å²) in [5.74, 6) is 0. The first kappa shape index (κ1) is 24.1. The average molecular weight is 539 g/mol. The lowest BCUT2D eigenvalue weighted by atomic mass is 9.99. The largest absolute Gasteiger partial charge is 0.310 e. The minimum atomic E-state index is 0.954. The Labute approximate surface area is 244 Å². The quantitative estimate of drug-likeness (QED) is 0.197. The summed E-state index contributed by atoms with van der Waals surface area (Å²) >= 11 is 0. The van der Waals surface area contributed by atoms with Gasteiger partial charge in [-0.15, -0.1) is 0 Å². The lowest BCUT2D eigenvalue weighted by molar-refractivity contribution is 1.28. The summed E-state index contributed by atoms with van der Waals surface area (Å²) < 4.78 is 0. The van der Waals surface area contributed by atoms with Crippen LogP contribution < -0.4 is 9.80 Å². The van der Waals surface area contributed by atoms with Crippen molar-refractivity contribution in [3.63, 3.8) is 0 Å². The fourth-order valence-corrected chi connectivity index (χ4v) is 5.96. The Morgan fingerprint density at radius 3 is 0.952 bits per heavy atom. The van der Waals surface area contributed by atoms with Gasteiger partial charge in [-0.1, -0.05) is 72.8 Å². The molecular weight excluding hydrogens is 512 g/mol. The van der Waals surface area contributed by atoms with Crippen LogP contribution in [-0.4, -0.2) is 9.97 Å². The predicted octanol–water partition coefficient (Wildman–Crippen LogP) is 10.3. The number of benzene rings is 6. The molecule has 4 nitrogen and oxygen atoms in total. The molecule has 198 valence electrons. The second kappa shape index (κ2) is 10.0. The third-order valence-electron chi connectivity index (χ3n) is 7.78. The van der Waals surface area contributed by atoms with E-state index >= 15 is 0 Å². The van der Waals surface area contributed by atoms with Crippen molar-refractivity contribution in [2.75, 3.05) is 9.80 Å². The maximum absolute atomic E-state index is 5.01. The van der Waals surface area contributed by atoms with Crippen LogP contribution in [0.25, 0.3) is 32.6 Å². The van der Waals surface area contributed by atoms with Crippen molar-refractivity contribution in [1.29, 1.82) is 0 Å². The topological polar surface area (TPSA) is 32.3 Å². The Balaban J connectivity index is 1.32. The Hall–Kier alpha value is -5.74. The Kier molecular flexibility index (Phi) is 5.75. The van der Waals surface area contributed by atoms with E-state index in [4.69, 9.17) is 9.97 Å². The number of anilines is 6. The van der Waals surface area contributed by atoms with Gasteiger partial charge in [0.1, 0.15) is 0 Å². The molecule has 0 radical (unpaired) electrons. The van der Waals surface area contributed by atoms with E-state index in [-0.39, 0.29) is 0 Å². The first-order valence-electron chi connectivity index (χ1n) is 14.1. The van der Waals surface area contributed by atoms with E-state index in [1.807, 2.05) is 36.7 Å². The smallest absolute Gasteiger partial charge is 0.0736 e. The summed E-state index contributed by atoms with van der Waals surface area (Å²) in [6, 6.07) is 50.7. The third-order valence-corrected chi connectivity index (χ3v) is 7.78.